The van der Waals surface area contributed by atoms with Crippen LogP contribution in [0.5, 0.6) is 0 Å². The van der Waals surface area contributed by atoms with E-state index in [2.05, 4.69) is 24.7 Å². The molecule has 20 heteroatoms. The van der Waals surface area contributed by atoms with Crippen LogP contribution in [-0.2, 0) is 31.6 Å². The fourth-order valence-electron chi connectivity index (χ4n) is 2.45. The zero-order valence-corrected chi connectivity index (χ0v) is 18.5. The van der Waals surface area contributed by atoms with Crippen molar-refractivity contribution >= 4 is 40.9 Å². The minimum Gasteiger partial charge on any atom is -0.383 e. The van der Waals surface area contributed by atoms with Crippen molar-refractivity contribution in [2.75, 3.05) is 12.3 Å². The number of phosphoric acid groups is 3. The summed E-state index contributed by atoms with van der Waals surface area (Å²) in [7, 11) is -16.9. The van der Waals surface area contributed by atoms with Gasteiger partial charge >= 0.3 is 29.2 Å². The van der Waals surface area contributed by atoms with Gasteiger partial charge < -0.3 is 30.0 Å². The van der Waals surface area contributed by atoms with Gasteiger partial charge in [-0.05, 0) is 6.07 Å². The van der Waals surface area contributed by atoms with Gasteiger partial charge in [-0.3, -0.25) is 9.09 Å². The lowest BCUT2D eigenvalue weighted by Crippen LogP contribution is -2.36. The minimum absolute atomic E-state index is 0.143. The first-order valence-electron chi connectivity index (χ1n) is 7.75. The van der Waals surface area contributed by atoms with Crippen LogP contribution < -0.4 is 11.4 Å². The summed E-state index contributed by atoms with van der Waals surface area (Å²) < 4.78 is 66.3. The van der Waals surface area contributed by atoms with E-state index in [1.165, 1.54) is 6.07 Å². The van der Waals surface area contributed by atoms with Crippen LogP contribution in [0, 0.1) is 0 Å². The predicted molar refractivity (Wildman–Crippen MR) is 100 cm³/mol. The van der Waals surface area contributed by atoms with Crippen LogP contribution in [0.3, 0.4) is 0 Å². The summed E-state index contributed by atoms with van der Waals surface area (Å²) in [6, 6.07) is 1.18. The molecule has 0 spiro atoms. The van der Waals surface area contributed by atoms with Crippen molar-refractivity contribution in [3.63, 3.8) is 0 Å². The molecule has 0 amide bonds. The summed E-state index contributed by atoms with van der Waals surface area (Å²) in [5.41, 5.74) is 2.35. The van der Waals surface area contributed by atoms with Crippen LogP contribution in [0.4, 0.5) is 10.2 Å². The molecule has 0 saturated carbocycles. The second-order valence-corrected chi connectivity index (χ2v) is 10.9. The molecule has 1 aromatic rings. The summed E-state index contributed by atoms with van der Waals surface area (Å²) in [5, 5.41) is -0.437. The number of alkyl halides is 1. The Kier molecular flexibility index (Phi) is 7.71. The zero-order chi connectivity index (χ0) is 23.8. The van der Waals surface area contributed by atoms with Crippen molar-refractivity contribution in [2.45, 2.75) is 24.4 Å². The monoisotopic (exact) mass is 529 g/mol. The molecule has 2 unspecified atom stereocenters. The molecule has 1 fully saturated rings. The Morgan fingerprint density at radius 1 is 1.35 bits per heavy atom. The lowest BCUT2D eigenvalue weighted by molar-refractivity contribution is -0.0802. The number of nitrogens with zero attached hydrogens (tertiary/aromatic N) is 2. The average molecular weight is 530 g/mol. The van der Waals surface area contributed by atoms with Crippen LogP contribution in [0.25, 0.3) is 0 Å². The molecule has 1 aromatic heterocycles. The van der Waals surface area contributed by atoms with Crippen molar-refractivity contribution in [1.29, 1.82) is 0 Å². The summed E-state index contributed by atoms with van der Waals surface area (Å²) in [6.07, 6.45) is -3.12. The standard InChI is InChI=1S/C11H16ClFN3O12P3/c1-6(12)11(5-25-30(21,22)28-31(23,24)27-29(18,19)20)4-7(13)9(26-11)16-3-2-8(14)15-10(16)17/h2-3,7,9H,1,4-5H2,(H,21,22)(H,23,24)(H2,14,15,17)(H2,18,19,20)/t7-,9-,11+/m1/s1. The van der Waals surface area contributed by atoms with Gasteiger partial charge in [0.15, 0.2) is 6.23 Å². The van der Waals surface area contributed by atoms with E-state index in [1.807, 2.05) is 0 Å². The van der Waals surface area contributed by atoms with Crippen molar-refractivity contribution in [1.82, 2.24) is 9.55 Å². The van der Waals surface area contributed by atoms with Gasteiger partial charge in [-0.2, -0.15) is 13.6 Å². The molecule has 31 heavy (non-hydrogen) atoms. The van der Waals surface area contributed by atoms with E-state index in [4.69, 9.17) is 36.8 Å². The number of anilines is 1. The number of hydrogen-bond donors (Lipinski definition) is 5. The first-order valence-corrected chi connectivity index (χ1v) is 12.6. The van der Waals surface area contributed by atoms with E-state index in [9.17, 15) is 27.8 Å². The number of phosphoric ester groups is 1. The molecular weight excluding hydrogens is 514 g/mol. The van der Waals surface area contributed by atoms with E-state index in [0.717, 1.165) is 10.8 Å². The lowest BCUT2D eigenvalue weighted by atomic mass is 10.0. The first kappa shape index (κ1) is 26.3. The van der Waals surface area contributed by atoms with Gasteiger partial charge in [-0.15, -0.1) is 0 Å². The van der Waals surface area contributed by atoms with Crippen LogP contribution in [0.2, 0.25) is 0 Å². The molecule has 15 nitrogen and oxygen atoms in total. The SMILES string of the molecule is C=C(Cl)[C@@]1(COP(=O)(O)OP(=O)(O)OP(=O)(O)O)C[C@@H](F)[C@H](n2ccc(N)nc2=O)O1. The Bertz CT molecular complexity index is 1060. The molecular formula is C11H16ClFN3O12P3. The van der Waals surface area contributed by atoms with E-state index in [0.29, 0.717) is 0 Å². The van der Waals surface area contributed by atoms with Crippen LogP contribution in [0.1, 0.15) is 12.6 Å². The number of rotatable bonds is 9. The molecule has 5 atom stereocenters. The number of nitrogens with two attached hydrogens (primary N) is 1. The van der Waals surface area contributed by atoms with Crippen molar-refractivity contribution in [3.05, 3.63) is 34.4 Å². The Hall–Kier alpha value is -0.990. The molecule has 1 aliphatic heterocycles. The smallest absolute Gasteiger partial charge is 0.383 e. The number of nitrogen functional groups attached to an aromatic ring is 1. The van der Waals surface area contributed by atoms with Crippen molar-refractivity contribution < 1.29 is 55.5 Å². The summed E-state index contributed by atoms with van der Waals surface area (Å²) >= 11 is 5.84. The summed E-state index contributed by atoms with van der Waals surface area (Å²) in [5.74, 6) is -0.143. The third-order valence-electron chi connectivity index (χ3n) is 3.68. The normalized spacial score (nSPS) is 28.1. The van der Waals surface area contributed by atoms with Gasteiger partial charge in [0, 0.05) is 17.6 Å². The summed E-state index contributed by atoms with van der Waals surface area (Å²) in [4.78, 5) is 51.1. The van der Waals surface area contributed by atoms with E-state index in [-0.39, 0.29) is 5.82 Å². The Morgan fingerprint density at radius 2 is 1.97 bits per heavy atom. The topological polar surface area (TPSA) is 230 Å². The van der Waals surface area contributed by atoms with Gasteiger partial charge in [0.1, 0.15) is 17.6 Å². The van der Waals surface area contributed by atoms with Gasteiger partial charge in [0.05, 0.1) is 6.61 Å². The maximum absolute atomic E-state index is 14.6. The fraction of sp³-hybridized carbons (Fsp3) is 0.455. The van der Waals surface area contributed by atoms with E-state index in [1.54, 1.807) is 0 Å². The highest BCUT2D eigenvalue weighted by atomic mass is 35.5. The Morgan fingerprint density at radius 3 is 2.48 bits per heavy atom. The first-order chi connectivity index (χ1) is 14.0. The van der Waals surface area contributed by atoms with Gasteiger partial charge in [0.25, 0.3) is 0 Å². The maximum Gasteiger partial charge on any atom is 0.490 e. The molecule has 176 valence electrons. The molecule has 0 radical (unpaired) electrons. The third kappa shape index (κ3) is 6.99. The summed E-state index contributed by atoms with van der Waals surface area (Å²) in [6.45, 7) is 2.27. The third-order valence-corrected chi connectivity index (χ3v) is 7.80. The maximum atomic E-state index is 14.6. The Labute approximate surface area is 177 Å². The molecule has 2 heterocycles. The van der Waals surface area contributed by atoms with E-state index >= 15 is 0 Å². The second-order valence-electron chi connectivity index (χ2n) is 6.03. The van der Waals surface area contributed by atoms with Crippen molar-refractivity contribution in [2.24, 2.45) is 0 Å². The van der Waals surface area contributed by atoms with Gasteiger partial charge in [-0.1, -0.05) is 18.2 Å². The molecule has 0 aromatic carbocycles. The van der Waals surface area contributed by atoms with E-state index < -0.39 is 65.2 Å². The number of hydrogen-bond acceptors (Lipinski definition) is 10. The highest BCUT2D eigenvalue weighted by Gasteiger charge is 2.52. The largest absolute Gasteiger partial charge is 0.490 e. The number of ether oxygens (including phenoxy) is 1. The molecule has 1 aliphatic rings. The highest BCUT2D eigenvalue weighted by Crippen LogP contribution is 2.66. The van der Waals surface area contributed by atoms with Gasteiger partial charge in [-0.25, -0.2) is 22.9 Å². The van der Waals surface area contributed by atoms with Crippen LogP contribution >= 0.6 is 35.1 Å². The van der Waals surface area contributed by atoms with Crippen molar-refractivity contribution in [3.8, 4) is 0 Å². The van der Waals surface area contributed by atoms with Crippen LogP contribution in [0.15, 0.2) is 28.7 Å². The molecule has 1 saturated heterocycles. The minimum atomic E-state index is -5.76. The molecule has 2 rings (SSSR count). The zero-order valence-electron chi connectivity index (χ0n) is 15.1. The lowest BCUT2D eigenvalue weighted by Gasteiger charge is -2.28. The molecule has 6 N–H and O–H groups in total. The highest BCUT2D eigenvalue weighted by molar-refractivity contribution is 7.66. The fourth-order valence-corrected chi connectivity index (χ4v) is 5.70. The van der Waals surface area contributed by atoms with Gasteiger partial charge in [0.2, 0.25) is 0 Å². The number of aromatic nitrogens is 2. The second kappa shape index (κ2) is 9.10. The molecule has 0 bridgehead atoms. The predicted octanol–water partition coefficient (Wildman–Crippen LogP) is 0.917. The average Bonchev–Trinajstić information content (AvgIpc) is 2.88. The quantitative estimate of drug-likeness (QED) is 0.280. The van der Waals surface area contributed by atoms with Crippen LogP contribution in [-0.4, -0.2) is 47.5 Å². The number of halogens is 2. The molecule has 0 aliphatic carbocycles. The Balaban J connectivity index is 2.20.